The molecule has 2 aromatic rings. The molecule has 2 N–H and O–H groups in total. The van der Waals surface area contributed by atoms with Gasteiger partial charge in [-0.15, -0.1) is 0 Å². The maximum absolute atomic E-state index is 13.8. The van der Waals surface area contributed by atoms with Gasteiger partial charge in [0.1, 0.15) is 18.3 Å². The van der Waals surface area contributed by atoms with Crippen LogP contribution in [0.5, 0.6) is 0 Å². The summed E-state index contributed by atoms with van der Waals surface area (Å²) >= 11 is 6.46. The van der Waals surface area contributed by atoms with Gasteiger partial charge in [-0.2, -0.15) is 5.12 Å². The highest BCUT2D eigenvalue weighted by Crippen LogP contribution is 2.37. The third-order valence-electron chi connectivity index (χ3n) is 4.78. The van der Waals surface area contributed by atoms with Crippen molar-refractivity contribution in [2.75, 3.05) is 24.5 Å². The van der Waals surface area contributed by atoms with E-state index in [0.29, 0.717) is 31.1 Å². The Morgan fingerprint density at radius 1 is 1.46 bits per heavy atom. The number of rotatable bonds is 3. The normalized spacial score (nSPS) is 22.9. The van der Waals surface area contributed by atoms with E-state index in [1.165, 1.54) is 0 Å². The molecule has 6 nitrogen and oxygen atoms in total. The lowest BCUT2D eigenvalue weighted by Gasteiger charge is -2.34. The van der Waals surface area contributed by atoms with E-state index in [1.807, 2.05) is 27.8 Å². The van der Waals surface area contributed by atoms with Crippen LogP contribution in [-0.4, -0.2) is 45.3 Å². The van der Waals surface area contributed by atoms with E-state index in [4.69, 9.17) is 17.4 Å². The molecule has 1 unspecified atom stereocenters. The van der Waals surface area contributed by atoms with Crippen LogP contribution in [0.3, 0.4) is 0 Å². The molecule has 128 valence electrons. The maximum Gasteiger partial charge on any atom is 0.120 e. The molecule has 0 saturated carbocycles. The smallest absolute Gasteiger partial charge is 0.120 e. The minimum absolute atomic E-state index is 0.0355. The first-order valence-corrected chi connectivity index (χ1v) is 8.44. The molecule has 2 aliphatic heterocycles. The first-order valence-electron chi connectivity index (χ1n) is 8.07. The largest absolute Gasteiger partial charge is 0.354 e. The van der Waals surface area contributed by atoms with Crippen molar-refractivity contribution in [2.45, 2.75) is 25.6 Å². The number of pyridine rings is 1. The van der Waals surface area contributed by atoms with Gasteiger partial charge in [-0.25, -0.2) is 9.37 Å². The highest BCUT2D eigenvalue weighted by Gasteiger charge is 2.30. The van der Waals surface area contributed by atoms with Crippen LogP contribution < -0.4 is 10.7 Å². The SMILES string of the molecule is CC(c1cc(Cl)c2cncn2c1N1CC[C@@H](F)C1)N1C=CCN1N. The molecule has 8 heteroatoms. The molecule has 24 heavy (non-hydrogen) atoms. The van der Waals surface area contributed by atoms with Crippen molar-refractivity contribution in [1.82, 2.24) is 19.5 Å². The molecule has 2 aliphatic rings. The summed E-state index contributed by atoms with van der Waals surface area (Å²) in [6, 6.07) is 1.91. The molecule has 0 aliphatic carbocycles. The van der Waals surface area contributed by atoms with Gasteiger partial charge < -0.3 is 4.90 Å². The molecule has 0 radical (unpaired) electrons. The lowest BCUT2D eigenvalue weighted by molar-refractivity contribution is 0.0158. The van der Waals surface area contributed by atoms with E-state index in [-0.39, 0.29) is 6.04 Å². The first-order chi connectivity index (χ1) is 11.6. The number of fused-ring (bicyclic) bond motifs is 1. The Labute approximate surface area is 144 Å². The fraction of sp³-hybridized carbons (Fsp3) is 0.438. The van der Waals surface area contributed by atoms with Crippen molar-refractivity contribution in [1.29, 1.82) is 0 Å². The van der Waals surface area contributed by atoms with Crippen molar-refractivity contribution < 1.29 is 4.39 Å². The van der Waals surface area contributed by atoms with Crippen LogP contribution in [0, 0.1) is 0 Å². The highest BCUT2D eigenvalue weighted by molar-refractivity contribution is 6.34. The predicted octanol–water partition coefficient (Wildman–Crippen LogP) is 2.52. The summed E-state index contributed by atoms with van der Waals surface area (Å²) in [4.78, 5) is 6.29. The monoisotopic (exact) mass is 350 g/mol. The van der Waals surface area contributed by atoms with Crippen LogP contribution in [-0.2, 0) is 0 Å². The number of halogens is 2. The fourth-order valence-electron chi connectivity index (χ4n) is 3.54. The third kappa shape index (κ3) is 2.44. The van der Waals surface area contributed by atoms with Gasteiger partial charge in [-0.1, -0.05) is 11.6 Å². The second kappa shape index (κ2) is 5.91. The molecule has 1 fully saturated rings. The zero-order valence-corrected chi connectivity index (χ0v) is 14.2. The second-order valence-electron chi connectivity index (χ2n) is 6.31. The molecule has 0 aromatic carbocycles. The molecule has 4 rings (SSSR count). The highest BCUT2D eigenvalue weighted by atomic mass is 35.5. The maximum atomic E-state index is 13.8. The summed E-state index contributed by atoms with van der Waals surface area (Å²) in [5, 5.41) is 4.24. The summed E-state index contributed by atoms with van der Waals surface area (Å²) in [5.41, 5.74) is 1.83. The molecule has 0 amide bonds. The summed E-state index contributed by atoms with van der Waals surface area (Å²) in [6.07, 6.45) is 7.16. The number of nitrogens with two attached hydrogens (primary N) is 1. The number of aromatic nitrogens is 2. The van der Waals surface area contributed by atoms with Gasteiger partial charge in [-0.05, 0) is 25.5 Å². The van der Waals surface area contributed by atoms with Gasteiger partial charge in [0, 0.05) is 18.3 Å². The zero-order chi connectivity index (χ0) is 16.8. The quantitative estimate of drug-likeness (QED) is 0.862. The Hall–Kier alpha value is -1.83. The van der Waals surface area contributed by atoms with Crippen LogP contribution in [0.1, 0.15) is 24.9 Å². The summed E-state index contributed by atoms with van der Waals surface area (Å²) < 4.78 is 15.8. The lowest BCUT2D eigenvalue weighted by atomic mass is 10.1. The van der Waals surface area contributed by atoms with Gasteiger partial charge in [0.15, 0.2) is 0 Å². The number of imidazole rings is 1. The Morgan fingerprint density at radius 2 is 2.29 bits per heavy atom. The standard InChI is InChI=1S/C16H20ClFN6/c1-11(23-4-2-5-24(23)19)13-7-14(17)15-8-20-10-22(15)16(13)21-6-3-12(18)9-21/h2,4,7-8,10-12H,3,5-6,9,19H2,1H3/t11?,12-/m1/s1. The Balaban J connectivity index is 1.85. The minimum Gasteiger partial charge on any atom is -0.354 e. The van der Waals surface area contributed by atoms with Crippen LogP contribution in [0.25, 0.3) is 5.52 Å². The number of hydrogen-bond donors (Lipinski definition) is 1. The topological polar surface area (TPSA) is 53.0 Å². The van der Waals surface area contributed by atoms with Gasteiger partial charge in [-0.3, -0.25) is 15.3 Å². The van der Waals surface area contributed by atoms with Crippen molar-refractivity contribution >= 4 is 22.9 Å². The number of nitrogens with zero attached hydrogens (tertiary/aromatic N) is 5. The van der Waals surface area contributed by atoms with Gasteiger partial charge >= 0.3 is 0 Å². The molecule has 0 spiro atoms. The predicted molar refractivity (Wildman–Crippen MR) is 92.2 cm³/mol. The zero-order valence-electron chi connectivity index (χ0n) is 13.4. The van der Waals surface area contributed by atoms with E-state index < -0.39 is 6.17 Å². The Kier molecular flexibility index (Phi) is 3.86. The van der Waals surface area contributed by atoms with Crippen LogP contribution in [0.2, 0.25) is 5.02 Å². The van der Waals surface area contributed by atoms with Crippen molar-refractivity contribution in [3.8, 4) is 0 Å². The number of hydrogen-bond acceptors (Lipinski definition) is 5. The third-order valence-corrected chi connectivity index (χ3v) is 5.08. The molecule has 2 aromatic heterocycles. The van der Waals surface area contributed by atoms with Gasteiger partial charge in [0.2, 0.25) is 0 Å². The molecule has 4 heterocycles. The number of anilines is 1. The van der Waals surface area contributed by atoms with E-state index in [0.717, 1.165) is 16.9 Å². The van der Waals surface area contributed by atoms with Gasteiger partial charge in [0.25, 0.3) is 0 Å². The molecular weight excluding hydrogens is 331 g/mol. The van der Waals surface area contributed by atoms with Crippen LogP contribution in [0.4, 0.5) is 10.2 Å². The van der Waals surface area contributed by atoms with E-state index in [2.05, 4.69) is 16.8 Å². The van der Waals surface area contributed by atoms with Crippen LogP contribution in [0.15, 0.2) is 30.9 Å². The molecular formula is C16H20ClFN6. The van der Waals surface area contributed by atoms with Gasteiger partial charge in [0.05, 0.1) is 35.9 Å². The summed E-state index contributed by atoms with van der Waals surface area (Å²) in [6.45, 7) is 3.79. The average molecular weight is 351 g/mol. The Bertz CT molecular complexity index is 790. The molecule has 1 saturated heterocycles. The number of alkyl halides is 1. The summed E-state index contributed by atoms with van der Waals surface area (Å²) in [5.74, 6) is 6.98. The van der Waals surface area contributed by atoms with Crippen LogP contribution >= 0.6 is 11.6 Å². The molecule has 2 atom stereocenters. The lowest BCUT2D eigenvalue weighted by Crippen LogP contribution is -2.42. The average Bonchev–Trinajstić information content (AvgIpc) is 3.27. The van der Waals surface area contributed by atoms with E-state index in [1.54, 1.807) is 17.6 Å². The molecule has 0 bridgehead atoms. The van der Waals surface area contributed by atoms with E-state index >= 15 is 0 Å². The van der Waals surface area contributed by atoms with Crippen molar-refractivity contribution in [2.24, 2.45) is 5.84 Å². The minimum atomic E-state index is -0.805. The van der Waals surface area contributed by atoms with Crippen molar-refractivity contribution in [3.63, 3.8) is 0 Å². The second-order valence-corrected chi connectivity index (χ2v) is 6.72. The fourth-order valence-corrected chi connectivity index (χ4v) is 3.80. The summed E-state index contributed by atoms with van der Waals surface area (Å²) in [7, 11) is 0. The number of hydrazine groups is 2. The van der Waals surface area contributed by atoms with Crippen molar-refractivity contribution in [3.05, 3.63) is 41.5 Å². The first kappa shape index (κ1) is 15.7. The van der Waals surface area contributed by atoms with E-state index in [9.17, 15) is 4.39 Å². The Morgan fingerprint density at radius 3 is 2.96 bits per heavy atom.